The maximum absolute atomic E-state index is 13.1. The van der Waals surface area contributed by atoms with Gasteiger partial charge < -0.3 is 15.5 Å². The van der Waals surface area contributed by atoms with Gasteiger partial charge in [0.25, 0.3) is 5.91 Å². The summed E-state index contributed by atoms with van der Waals surface area (Å²) in [6.45, 7) is 5.01. The van der Waals surface area contributed by atoms with Gasteiger partial charge in [-0.25, -0.2) is 8.42 Å². The van der Waals surface area contributed by atoms with Crippen molar-refractivity contribution in [3.05, 3.63) is 59.2 Å². The first-order chi connectivity index (χ1) is 16.6. The number of carbonyl (C=O) groups is 3. The van der Waals surface area contributed by atoms with E-state index in [1.54, 1.807) is 17.0 Å². The molecule has 2 heterocycles. The predicted molar refractivity (Wildman–Crippen MR) is 131 cm³/mol. The molecule has 186 valence electrons. The number of carbonyl (C=O) groups excluding carboxylic acids is 3. The van der Waals surface area contributed by atoms with Crippen molar-refractivity contribution in [1.29, 1.82) is 0 Å². The fourth-order valence-corrected chi connectivity index (χ4v) is 6.05. The molecule has 2 aromatic rings. The Kier molecular flexibility index (Phi) is 7.23. The summed E-state index contributed by atoms with van der Waals surface area (Å²) in [5.74, 6) is -1.09. The molecule has 3 amide bonds. The molecule has 0 aliphatic carbocycles. The summed E-state index contributed by atoms with van der Waals surface area (Å²) in [7, 11) is -3.87. The van der Waals surface area contributed by atoms with Crippen LogP contribution in [-0.2, 0) is 19.6 Å². The summed E-state index contributed by atoms with van der Waals surface area (Å²) in [4.78, 5) is 39.4. The molecule has 2 saturated heterocycles. The number of nitrogens with zero attached hydrogens (tertiary/aromatic N) is 2. The summed E-state index contributed by atoms with van der Waals surface area (Å²) >= 11 is 0. The van der Waals surface area contributed by atoms with Gasteiger partial charge in [0, 0.05) is 37.4 Å². The summed E-state index contributed by atoms with van der Waals surface area (Å²) in [6, 6.07) is 11.8. The van der Waals surface area contributed by atoms with Crippen LogP contribution in [-0.4, -0.2) is 68.1 Å². The van der Waals surface area contributed by atoms with Crippen molar-refractivity contribution in [3.63, 3.8) is 0 Å². The minimum absolute atomic E-state index is 0.0141. The number of benzene rings is 2. The average molecular weight is 499 g/mol. The Bertz CT molecular complexity index is 1240. The zero-order valence-corrected chi connectivity index (χ0v) is 20.7. The molecule has 2 aromatic carbocycles. The van der Waals surface area contributed by atoms with Gasteiger partial charge in [0.15, 0.2) is 0 Å². The van der Waals surface area contributed by atoms with Gasteiger partial charge in [-0.05, 0) is 57.0 Å². The van der Waals surface area contributed by atoms with Gasteiger partial charge in [0.05, 0.1) is 17.4 Å². The van der Waals surface area contributed by atoms with E-state index in [0.717, 1.165) is 15.4 Å². The number of likely N-dealkylation sites (tertiary alicyclic amines) is 1. The number of piperidine rings is 1. The number of nitrogens with one attached hydrogen (secondary N) is 2. The molecular formula is C25H30N4O5S. The number of aryl methyl sites for hydroxylation is 2. The summed E-state index contributed by atoms with van der Waals surface area (Å²) < 4.78 is 27.1. The molecule has 2 aliphatic rings. The normalized spacial score (nSPS) is 19.2. The van der Waals surface area contributed by atoms with Crippen molar-refractivity contribution in [2.45, 2.75) is 31.6 Å². The molecule has 0 aromatic heterocycles. The predicted octanol–water partition coefficient (Wildman–Crippen LogP) is 1.91. The smallest absolute Gasteiger partial charge is 0.253 e. The maximum atomic E-state index is 13.1. The Morgan fingerprint density at radius 3 is 2.51 bits per heavy atom. The highest BCUT2D eigenvalue weighted by Gasteiger charge is 2.31. The second-order valence-electron chi connectivity index (χ2n) is 9.17. The molecular weight excluding hydrogens is 468 g/mol. The van der Waals surface area contributed by atoms with Crippen LogP contribution in [0.5, 0.6) is 0 Å². The number of piperazine rings is 1. The van der Waals surface area contributed by atoms with Crippen LogP contribution < -0.4 is 10.6 Å². The summed E-state index contributed by atoms with van der Waals surface area (Å²) in [5, 5.41) is 5.42. The highest BCUT2D eigenvalue weighted by atomic mass is 32.2. The molecule has 35 heavy (non-hydrogen) atoms. The molecule has 0 spiro atoms. The SMILES string of the molecule is Cc1cc(C)cc(C(=O)N2CCCC(C(=O)Nc3cccc(S(=O)(=O)N4CCNC(=O)C4)c3)C2)c1. The van der Waals surface area contributed by atoms with Crippen LogP contribution in [0.15, 0.2) is 47.4 Å². The molecule has 9 nitrogen and oxygen atoms in total. The Hall–Kier alpha value is -3.24. The van der Waals surface area contributed by atoms with E-state index in [9.17, 15) is 22.8 Å². The van der Waals surface area contributed by atoms with Gasteiger partial charge in [-0.3, -0.25) is 14.4 Å². The average Bonchev–Trinajstić information content (AvgIpc) is 2.83. The van der Waals surface area contributed by atoms with Crippen LogP contribution in [0.4, 0.5) is 5.69 Å². The largest absolute Gasteiger partial charge is 0.354 e. The lowest BCUT2D eigenvalue weighted by Gasteiger charge is -2.32. The van der Waals surface area contributed by atoms with Crippen molar-refractivity contribution in [2.24, 2.45) is 5.92 Å². The highest BCUT2D eigenvalue weighted by Crippen LogP contribution is 2.24. The van der Waals surface area contributed by atoms with Crippen molar-refractivity contribution < 1.29 is 22.8 Å². The van der Waals surface area contributed by atoms with Crippen LogP contribution in [0.2, 0.25) is 0 Å². The fraction of sp³-hybridized carbons (Fsp3) is 0.400. The number of amides is 3. The quantitative estimate of drug-likeness (QED) is 0.654. The van der Waals surface area contributed by atoms with Gasteiger partial charge >= 0.3 is 0 Å². The van der Waals surface area contributed by atoms with Crippen LogP contribution in [0, 0.1) is 19.8 Å². The van der Waals surface area contributed by atoms with Crippen molar-refractivity contribution in [3.8, 4) is 0 Å². The first kappa shape index (κ1) is 24.9. The molecule has 0 radical (unpaired) electrons. The van der Waals surface area contributed by atoms with E-state index in [2.05, 4.69) is 10.6 Å². The van der Waals surface area contributed by atoms with E-state index in [0.29, 0.717) is 37.2 Å². The van der Waals surface area contributed by atoms with Gasteiger partial charge in [0.1, 0.15) is 0 Å². The minimum atomic E-state index is -3.87. The van der Waals surface area contributed by atoms with Gasteiger partial charge in [-0.15, -0.1) is 0 Å². The Balaban J connectivity index is 1.44. The molecule has 2 aliphatic heterocycles. The lowest BCUT2D eigenvalue weighted by atomic mass is 9.96. The van der Waals surface area contributed by atoms with E-state index in [1.807, 2.05) is 32.0 Å². The molecule has 2 fully saturated rings. The fourth-order valence-electron chi connectivity index (χ4n) is 4.60. The minimum Gasteiger partial charge on any atom is -0.354 e. The Morgan fingerprint density at radius 1 is 1.06 bits per heavy atom. The highest BCUT2D eigenvalue weighted by molar-refractivity contribution is 7.89. The van der Waals surface area contributed by atoms with E-state index in [1.165, 1.54) is 12.1 Å². The topological polar surface area (TPSA) is 116 Å². The molecule has 4 rings (SSSR count). The number of anilines is 1. The summed E-state index contributed by atoms with van der Waals surface area (Å²) in [6.07, 6.45) is 1.35. The standard InChI is InChI=1S/C25H30N4O5S/c1-17-11-18(2)13-20(12-17)25(32)28-9-4-5-19(15-28)24(31)27-21-6-3-7-22(14-21)35(33,34)29-10-8-26-23(30)16-29/h3,6-7,11-14,19H,4-5,8-10,15-16H2,1-2H3,(H,26,30)(H,27,31). The van der Waals surface area contributed by atoms with Crippen molar-refractivity contribution in [2.75, 3.05) is 38.0 Å². The van der Waals surface area contributed by atoms with E-state index >= 15 is 0 Å². The van der Waals surface area contributed by atoms with Crippen LogP contribution in [0.3, 0.4) is 0 Å². The molecule has 1 unspecified atom stereocenters. The van der Waals surface area contributed by atoms with Gasteiger partial charge in [-0.2, -0.15) is 4.31 Å². The Labute approximate surface area is 205 Å². The van der Waals surface area contributed by atoms with E-state index in [-0.39, 0.29) is 42.3 Å². The number of rotatable bonds is 5. The number of hydrogen-bond donors (Lipinski definition) is 2. The zero-order valence-electron chi connectivity index (χ0n) is 19.9. The molecule has 1 atom stereocenters. The van der Waals surface area contributed by atoms with Gasteiger partial charge in [-0.1, -0.05) is 23.3 Å². The molecule has 0 bridgehead atoms. The second kappa shape index (κ2) is 10.2. The van der Waals surface area contributed by atoms with Crippen LogP contribution in [0.25, 0.3) is 0 Å². The van der Waals surface area contributed by atoms with Crippen LogP contribution >= 0.6 is 0 Å². The van der Waals surface area contributed by atoms with E-state index < -0.39 is 15.9 Å². The molecule has 10 heteroatoms. The van der Waals surface area contributed by atoms with Crippen LogP contribution in [0.1, 0.15) is 34.3 Å². The maximum Gasteiger partial charge on any atom is 0.253 e. The first-order valence-electron chi connectivity index (χ1n) is 11.7. The Morgan fingerprint density at radius 2 is 1.80 bits per heavy atom. The number of sulfonamides is 1. The van der Waals surface area contributed by atoms with Gasteiger partial charge in [0.2, 0.25) is 21.8 Å². The lowest BCUT2D eigenvalue weighted by molar-refractivity contribution is -0.123. The van der Waals surface area contributed by atoms with Crippen molar-refractivity contribution in [1.82, 2.24) is 14.5 Å². The zero-order chi connectivity index (χ0) is 25.2. The van der Waals surface area contributed by atoms with E-state index in [4.69, 9.17) is 0 Å². The second-order valence-corrected chi connectivity index (χ2v) is 11.1. The summed E-state index contributed by atoms with van der Waals surface area (Å²) in [5.41, 5.74) is 3.00. The molecule has 0 saturated carbocycles. The lowest BCUT2D eigenvalue weighted by Crippen LogP contribution is -2.49. The first-order valence-corrected chi connectivity index (χ1v) is 13.1. The third-order valence-corrected chi connectivity index (χ3v) is 8.13. The third-order valence-electron chi connectivity index (χ3n) is 6.29. The van der Waals surface area contributed by atoms with Crippen molar-refractivity contribution >= 4 is 33.4 Å². The molecule has 2 N–H and O–H groups in total. The third kappa shape index (κ3) is 5.71. The monoisotopic (exact) mass is 498 g/mol. The number of hydrogen-bond acceptors (Lipinski definition) is 5.